The van der Waals surface area contributed by atoms with E-state index in [-0.39, 0.29) is 13.2 Å². The lowest BCUT2D eigenvalue weighted by Gasteiger charge is -2.26. The van der Waals surface area contributed by atoms with E-state index in [9.17, 15) is 0 Å². The maximum absolute atomic E-state index is 8.85. The smallest absolute Gasteiger partial charge is 0.0605 e. The molecule has 0 fully saturated rings. The van der Waals surface area contributed by atoms with Crippen molar-refractivity contribution in [1.82, 2.24) is 0 Å². The molecule has 0 bridgehead atoms. The van der Waals surface area contributed by atoms with Gasteiger partial charge in [0.2, 0.25) is 0 Å². The molecule has 0 aromatic heterocycles. The molecule has 0 heterocycles. The highest BCUT2D eigenvalue weighted by Crippen LogP contribution is 2.20. The zero-order valence-electron chi connectivity index (χ0n) is 5.79. The molecular formula is C5H14O3P2. The van der Waals surface area contributed by atoms with Crippen LogP contribution in [0.1, 0.15) is 0 Å². The minimum Gasteiger partial charge on any atom is -0.396 e. The Hall–Kier alpha value is 0.740. The Balaban J connectivity index is 3.87. The summed E-state index contributed by atoms with van der Waals surface area (Å²) in [5, 5.41) is 17.7. The van der Waals surface area contributed by atoms with Crippen LogP contribution in [0, 0.1) is 5.41 Å². The molecule has 0 aromatic carbocycles. The molecule has 10 heavy (non-hydrogen) atoms. The minimum atomic E-state index is -0.494. The molecular weight excluding hydrogens is 170 g/mol. The Bertz CT molecular complexity index is 76.7. The fourth-order valence-electron chi connectivity index (χ4n) is 0.506. The predicted octanol–water partition coefficient (Wildman–Crippen LogP) is -0.361. The van der Waals surface area contributed by atoms with Crippen molar-refractivity contribution >= 4 is 18.7 Å². The molecule has 0 aliphatic rings. The first-order chi connectivity index (χ1) is 4.74. The minimum absolute atomic E-state index is 0.0542. The Kier molecular flexibility index (Phi) is 5.80. The van der Waals surface area contributed by atoms with Gasteiger partial charge in [0.1, 0.15) is 0 Å². The molecule has 62 valence electrons. The zero-order valence-corrected chi connectivity index (χ0v) is 8.10. The van der Waals surface area contributed by atoms with Crippen molar-refractivity contribution in [3.05, 3.63) is 0 Å². The van der Waals surface area contributed by atoms with Crippen LogP contribution in [0.25, 0.3) is 0 Å². The summed E-state index contributed by atoms with van der Waals surface area (Å²) in [5.41, 5.74) is -0.494. The Morgan fingerprint density at radius 3 is 1.90 bits per heavy atom. The summed E-state index contributed by atoms with van der Waals surface area (Å²) in [4.78, 5) is 0. The quantitative estimate of drug-likeness (QED) is 0.573. The van der Waals surface area contributed by atoms with Crippen LogP contribution in [-0.2, 0) is 4.52 Å². The first-order valence-corrected chi connectivity index (χ1v) is 4.27. The van der Waals surface area contributed by atoms with Crippen LogP contribution < -0.4 is 0 Å². The monoisotopic (exact) mass is 184 g/mol. The lowest BCUT2D eigenvalue weighted by Crippen LogP contribution is -2.35. The second-order valence-corrected chi connectivity index (χ2v) is 3.07. The maximum atomic E-state index is 8.85. The topological polar surface area (TPSA) is 49.7 Å². The maximum Gasteiger partial charge on any atom is 0.0605 e. The van der Waals surface area contributed by atoms with E-state index >= 15 is 0 Å². The Morgan fingerprint density at radius 2 is 1.80 bits per heavy atom. The van der Waals surface area contributed by atoms with Gasteiger partial charge in [0, 0.05) is 14.9 Å². The highest BCUT2D eigenvalue weighted by atomic mass is 31.0. The average Bonchev–Trinajstić information content (AvgIpc) is 2.01. The molecule has 0 aliphatic heterocycles. The summed E-state index contributed by atoms with van der Waals surface area (Å²) >= 11 is 0. The van der Waals surface area contributed by atoms with Gasteiger partial charge >= 0.3 is 0 Å². The number of hydrogen-bond donors (Lipinski definition) is 2. The SMILES string of the molecule is OCC(CO)(CP)COP. The van der Waals surface area contributed by atoms with E-state index in [0.29, 0.717) is 12.8 Å². The molecule has 0 rings (SSSR count). The molecule has 5 heteroatoms. The fraction of sp³-hybridized carbons (Fsp3) is 1.00. The van der Waals surface area contributed by atoms with E-state index in [1.165, 1.54) is 0 Å². The van der Waals surface area contributed by atoms with Gasteiger partial charge in [0.25, 0.3) is 0 Å². The van der Waals surface area contributed by atoms with Crippen LogP contribution >= 0.6 is 18.7 Å². The highest BCUT2D eigenvalue weighted by molar-refractivity contribution is 7.16. The van der Waals surface area contributed by atoms with Crippen molar-refractivity contribution in [2.45, 2.75) is 0 Å². The van der Waals surface area contributed by atoms with Gasteiger partial charge in [-0.1, -0.05) is 0 Å². The molecule has 2 atom stereocenters. The first kappa shape index (κ1) is 10.7. The number of aliphatic hydroxyl groups excluding tert-OH is 2. The van der Waals surface area contributed by atoms with Crippen molar-refractivity contribution in [3.8, 4) is 0 Å². The molecule has 0 radical (unpaired) electrons. The molecule has 0 aliphatic carbocycles. The average molecular weight is 184 g/mol. The van der Waals surface area contributed by atoms with Gasteiger partial charge in [0.15, 0.2) is 0 Å². The van der Waals surface area contributed by atoms with Crippen LogP contribution in [0.4, 0.5) is 0 Å². The summed E-state index contributed by atoms with van der Waals surface area (Å²) < 4.78 is 4.76. The molecule has 2 unspecified atom stereocenters. The molecule has 0 spiro atoms. The summed E-state index contributed by atoms with van der Waals surface area (Å²) in [7, 11) is 4.58. The summed E-state index contributed by atoms with van der Waals surface area (Å²) in [6.07, 6.45) is 0.633. The largest absolute Gasteiger partial charge is 0.396 e. The van der Waals surface area contributed by atoms with Crippen LogP contribution in [0.15, 0.2) is 0 Å². The lowest BCUT2D eigenvalue weighted by molar-refractivity contribution is 0.0383. The van der Waals surface area contributed by atoms with E-state index in [1.807, 2.05) is 0 Å². The van der Waals surface area contributed by atoms with Crippen LogP contribution in [0.2, 0.25) is 0 Å². The predicted molar refractivity (Wildman–Crippen MR) is 46.8 cm³/mol. The second kappa shape index (κ2) is 5.40. The highest BCUT2D eigenvalue weighted by Gasteiger charge is 2.26. The normalized spacial score (nSPS) is 12.0. The van der Waals surface area contributed by atoms with Gasteiger partial charge in [-0.15, -0.1) is 9.24 Å². The summed E-state index contributed by atoms with van der Waals surface area (Å²) in [5.74, 6) is 0. The van der Waals surface area contributed by atoms with Gasteiger partial charge in [-0.3, -0.25) is 0 Å². The standard InChI is InChI=1S/C5H14O3P2/c6-1-5(2-7,4-9)3-8-10/h6-7H,1-4,9-10H2. The van der Waals surface area contributed by atoms with E-state index in [1.54, 1.807) is 0 Å². The van der Waals surface area contributed by atoms with Crippen molar-refractivity contribution in [3.63, 3.8) is 0 Å². The van der Waals surface area contributed by atoms with Crippen LogP contribution in [-0.4, -0.2) is 36.2 Å². The Morgan fingerprint density at radius 1 is 1.30 bits per heavy atom. The molecule has 0 saturated carbocycles. The van der Waals surface area contributed by atoms with E-state index < -0.39 is 5.41 Å². The van der Waals surface area contributed by atoms with Crippen molar-refractivity contribution in [1.29, 1.82) is 0 Å². The van der Waals surface area contributed by atoms with Crippen LogP contribution in [0.5, 0.6) is 0 Å². The summed E-state index contributed by atoms with van der Waals surface area (Å²) in [6.45, 7) is 0.247. The third-order valence-corrected chi connectivity index (χ3v) is 2.53. The third-order valence-electron chi connectivity index (χ3n) is 1.49. The lowest BCUT2D eigenvalue weighted by atomic mass is 9.94. The number of aliphatic hydroxyl groups is 2. The molecule has 0 saturated heterocycles. The molecule has 0 amide bonds. The first-order valence-electron chi connectivity index (χ1n) is 2.98. The van der Waals surface area contributed by atoms with E-state index in [0.717, 1.165) is 0 Å². The van der Waals surface area contributed by atoms with Crippen LogP contribution in [0.3, 0.4) is 0 Å². The number of rotatable bonds is 5. The molecule has 0 aromatic rings. The second-order valence-electron chi connectivity index (χ2n) is 2.33. The number of hydrogen-bond acceptors (Lipinski definition) is 3. The van der Waals surface area contributed by atoms with Gasteiger partial charge < -0.3 is 14.7 Å². The fourth-order valence-corrected chi connectivity index (χ4v) is 1.24. The van der Waals surface area contributed by atoms with Gasteiger partial charge in [-0.2, -0.15) is 0 Å². The van der Waals surface area contributed by atoms with E-state index in [2.05, 4.69) is 18.7 Å². The zero-order chi connectivity index (χ0) is 8.04. The van der Waals surface area contributed by atoms with Gasteiger partial charge in [0.05, 0.1) is 19.8 Å². The van der Waals surface area contributed by atoms with E-state index in [4.69, 9.17) is 14.7 Å². The molecule has 3 nitrogen and oxygen atoms in total. The van der Waals surface area contributed by atoms with Crippen molar-refractivity contribution in [2.24, 2.45) is 5.41 Å². The van der Waals surface area contributed by atoms with Gasteiger partial charge in [-0.25, -0.2) is 0 Å². The molecule has 2 N–H and O–H groups in total. The van der Waals surface area contributed by atoms with Crippen molar-refractivity contribution in [2.75, 3.05) is 26.0 Å². The summed E-state index contributed by atoms with van der Waals surface area (Å²) in [6, 6.07) is 0. The van der Waals surface area contributed by atoms with Crippen molar-refractivity contribution < 1.29 is 14.7 Å². The van der Waals surface area contributed by atoms with Gasteiger partial charge in [-0.05, 0) is 6.16 Å². The Labute approximate surface area is 65.6 Å². The third kappa shape index (κ3) is 2.77.